The SMILES string of the molecule is FC(F)(F)c1nc2n(n1)CCN(CCOCc1cc(-c3ccc(Cl)c(Cl)c3)no1)C2. The first kappa shape index (κ1) is 21.1. The molecule has 0 unspecified atom stereocenters. The molecule has 30 heavy (non-hydrogen) atoms. The Morgan fingerprint density at radius 3 is 2.73 bits per heavy atom. The Balaban J connectivity index is 1.25. The highest BCUT2D eigenvalue weighted by atomic mass is 35.5. The summed E-state index contributed by atoms with van der Waals surface area (Å²) >= 11 is 11.9. The number of alkyl halides is 3. The summed E-state index contributed by atoms with van der Waals surface area (Å²) < 4.78 is 50.4. The van der Waals surface area contributed by atoms with Gasteiger partial charge in [0.05, 0.1) is 29.7 Å². The molecule has 12 heteroatoms. The number of hydrogen-bond donors (Lipinski definition) is 0. The fraction of sp³-hybridized carbons (Fsp3) is 0.389. The van der Waals surface area contributed by atoms with Gasteiger partial charge in [-0.3, -0.25) is 4.90 Å². The molecule has 0 bridgehead atoms. The number of rotatable bonds is 6. The number of benzene rings is 1. The normalized spacial score (nSPS) is 14.8. The second-order valence-corrected chi connectivity index (χ2v) is 7.52. The predicted octanol–water partition coefficient (Wildman–Crippen LogP) is 4.29. The van der Waals surface area contributed by atoms with Gasteiger partial charge in [0, 0.05) is 24.7 Å². The van der Waals surface area contributed by atoms with E-state index in [2.05, 4.69) is 15.2 Å². The van der Waals surface area contributed by atoms with Gasteiger partial charge >= 0.3 is 6.18 Å². The lowest BCUT2D eigenvalue weighted by Crippen LogP contribution is -2.36. The van der Waals surface area contributed by atoms with Crippen molar-refractivity contribution in [3.63, 3.8) is 0 Å². The summed E-state index contributed by atoms with van der Waals surface area (Å²) in [5.41, 5.74) is 1.39. The lowest BCUT2D eigenvalue weighted by atomic mass is 10.1. The van der Waals surface area contributed by atoms with Crippen molar-refractivity contribution in [2.24, 2.45) is 0 Å². The molecule has 1 aliphatic rings. The second kappa shape index (κ2) is 8.54. The van der Waals surface area contributed by atoms with Crippen molar-refractivity contribution in [3.05, 3.63) is 51.7 Å². The summed E-state index contributed by atoms with van der Waals surface area (Å²) in [6.07, 6.45) is -4.54. The van der Waals surface area contributed by atoms with Gasteiger partial charge in [-0.25, -0.2) is 9.67 Å². The molecule has 0 aliphatic carbocycles. The Morgan fingerprint density at radius 1 is 1.13 bits per heavy atom. The van der Waals surface area contributed by atoms with Crippen molar-refractivity contribution >= 4 is 23.2 Å². The molecule has 0 saturated heterocycles. The third-order valence-electron chi connectivity index (χ3n) is 4.57. The quantitative estimate of drug-likeness (QED) is 0.510. The molecule has 7 nitrogen and oxygen atoms in total. The van der Waals surface area contributed by atoms with Gasteiger partial charge < -0.3 is 9.26 Å². The van der Waals surface area contributed by atoms with Crippen LogP contribution in [0.1, 0.15) is 17.4 Å². The zero-order valence-corrected chi connectivity index (χ0v) is 17.0. The van der Waals surface area contributed by atoms with Crippen LogP contribution in [0.4, 0.5) is 13.2 Å². The summed E-state index contributed by atoms with van der Waals surface area (Å²) in [6.45, 7) is 2.35. The van der Waals surface area contributed by atoms with Crippen molar-refractivity contribution in [3.8, 4) is 11.3 Å². The molecule has 0 N–H and O–H groups in total. The third-order valence-corrected chi connectivity index (χ3v) is 5.30. The highest BCUT2D eigenvalue weighted by molar-refractivity contribution is 6.42. The standard InChI is InChI=1S/C18H16Cl2F3N5O2/c19-13-2-1-11(7-14(13)20)15-8-12(30-26-15)10-29-6-5-27-3-4-28-16(9-27)24-17(25-28)18(21,22)23/h1-2,7-8H,3-6,9-10H2. The van der Waals surface area contributed by atoms with Gasteiger partial charge in [0.2, 0.25) is 0 Å². The molecule has 0 atom stereocenters. The van der Waals surface area contributed by atoms with Gasteiger partial charge in [-0.1, -0.05) is 34.4 Å². The molecule has 0 amide bonds. The molecule has 1 aliphatic heterocycles. The number of hydrogen-bond acceptors (Lipinski definition) is 6. The van der Waals surface area contributed by atoms with Crippen LogP contribution in [0, 0.1) is 0 Å². The molecule has 3 aromatic rings. The average Bonchev–Trinajstić information content (AvgIpc) is 3.34. The first-order valence-corrected chi connectivity index (χ1v) is 9.77. The van der Waals surface area contributed by atoms with E-state index in [-0.39, 0.29) is 13.2 Å². The van der Waals surface area contributed by atoms with Crippen molar-refractivity contribution in [1.29, 1.82) is 0 Å². The highest BCUT2D eigenvalue weighted by Crippen LogP contribution is 2.29. The number of halogens is 5. The smallest absolute Gasteiger partial charge is 0.372 e. The van der Waals surface area contributed by atoms with Crippen LogP contribution >= 0.6 is 23.2 Å². The molecule has 0 saturated carbocycles. The van der Waals surface area contributed by atoms with Crippen LogP contribution in [0.15, 0.2) is 28.8 Å². The molecule has 3 heterocycles. The van der Waals surface area contributed by atoms with E-state index in [4.69, 9.17) is 32.5 Å². The van der Waals surface area contributed by atoms with Crippen molar-refractivity contribution in [2.75, 3.05) is 19.7 Å². The zero-order chi connectivity index (χ0) is 21.3. The minimum Gasteiger partial charge on any atom is -0.372 e. The molecule has 2 aromatic heterocycles. The number of ether oxygens (including phenoxy) is 1. The monoisotopic (exact) mass is 461 g/mol. The van der Waals surface area contributed by atoms with E-state index in [0.29, 0.717) is 53.6 Å². The molecular formula is C18H16Cl2F3N5O2. The van der Waals surface area contributed by atoms with Crippen molar-refractivity contribution < 1.29 is 22.4 Å². The Hall–Kier alpha value is -2.14. The minimum absolute atomic E-state index is 0.219. The van der Waals surface area contributed by atoms with E-state index in [0.717, 1.165) is 5.56 Å². The van der Waals surface area contributed by atoms with Crippen LogP contribution in [0.5, 0.6) is 0 Å². The van der Waals surface area contributed by atoms with E-state index < -0.39 is 12.0 Å². The maximum absolute atomic E-state index is 12.7. The van der Waals surface area contributed by atoms with E-state index in [1.165, 1.54) is 4.68 Å². The van der Waals surface area contributed by atoms with Gasteiger partial charge in [-0.05, 0) is 12.1 Å². The van der Waals surface area contributed by atoms with Crippen molar-refractivity contribution in [1.82, 2.24) is 24.8 Å². The predicted molar refractivity (Wildman–Crippen MR) is 102 cm³/mol. The van der Waals surface area contributed by atoms with E-state index in [9.17, 15) is 13.2 Å². The summed E-state index contributed by atoms with van der Waals surface area (Å²) in [4.78, 5) is 5.56. The second-order valence-electron chi connectivity index (χ2n) is 6.71. The van der Waals surface area contributed by atoms with Gasteiger partial charge in [-0.15, -0.1) is 5.10 Å². The summed E-state index contributed by atoms with van der Waals surface area (Å²) in [5, 5.41) is 8.40. The zero-order valence-electron chi connectivity index (χ0n) is 15.5. The van der Waals surface area contributed by atoms with Gasteiger partial charge in [0.1, 0.15) is 18.1 Å². The maximum atomic E-state index is 12.7. The molecule has 1 aromatic carbocycles. The molecule has 0 radical (unpaired) electrons. The minimum atomic E-state index is -4.54. The Morgan fingerprint density at radius 2 is 1.97 bits per heavy atom. The van der Waals surface area contributed by atoms with Crippen LogP contribution in [0.2, 0.25) is 10.0 Å². The lowest BCUT2D eigenvalue weighted by molar-refractivity contribution is -0.145. The van der Waals surface area contributed by atoms with Crippen molar-refractivity contribution in [2.45, 2.75) is 25.9 Å². The molecule has 160 valence electrons. The lowest BCUT2D eigenvalue weighted by Gasteiger charge is -2.26. The van der Waals surface area contributed by atoms with Crippen LogP contribution in [0.3, 0.4) is 0 Å². The van der Waals surface area contributed by atoms with Crippen LogP contribution in [0.25, 0.3) is 11.3 Å². The highest BCUT2D eigenvalue weighted by Gasteiger charge is 2.37. The van der Waals surface area contributed by atoms with E-state index >= 15 is 0 Å². The topological polar surface area (TPSA) is 69.2 Å². The largest absolute Gasteiger partial charge is 0.453 e. The van der Waals surface area contributed by atoms with Crippen LogP contribution in [-0.4, -0.2) is 44.5 Å². The van der Waals surface area contributed by atoms with E-state index in [1.807, 2.05) is 4.90 Å². The van der Waals surface area contributed by atoms with Gasteiger partial charge in [0.25, 0.3) is 5.82 Å². The molecule has 0 fully saturated rings. The van der Waals surface area contributed by atoms with Crippen LogP contribution in [-0.2, 0) is 30.6 Å². The first-order chi connectivity index (χ1) is 14.3. The fourth-order valence-corrected chi connectivity index (χ4v) is 3.33. The Kier molecular flexibility index (Phi) is 6.01. The number of nitrogens with zero attached hydrogens (tertiary/aromatic N) is 5. The number of aromatic nitrogens is 4. The molecule has 0 spiro atoms. The summed E-state index contributed by atoms with van der Waals surface area (Å²) in [7, 11) is 0. The Labute approximate surface area is 179 Å². The molecular weight excluding hydrogens is 446 g/mol. The maximum Gasteiger partial charge on any atom is 0.453 e. The first-order valence-electron chi connectivity index (χ1n) is 9.01. The third kappa shape index (κ3) is 4.77. The van der Waals surface area contributed by atoms with Crippen LogP contribution < -0.4 is 0 Å². The fourth-order valence-electron chi connectivity index (χ4n) is 3.04. The average molecular weight is 462 g/mol. The molecule has 4 rings (SSSR count). The summed E-state index contributed by atoms with van der Waals surface area (Å²) in [5.74, 6) is -0.252. The Bertz CT molecular complexity index is 1040. The summed E-state index contributed by atoms with van der Waals surface area (Å²) in [6, 6.07) is 6.92. The van der Waals surface area contributed by atoms with Gasteiger partial charge in [-0.2, -0.15) is 13.2 Å². The van der Waals surface area contributed by atoms with E-state index in [1.54, 1.807) is 24.3 Å². The number of fused-ring (bicyclic) bond motifs is 1. The van der Waals surface area contributed by atoms with Gasteiger partial charge in [0.15, 0.2) is 5.76 Å².